The molecule has 0 aliphatic rings. The average molecular weight is 548 g/mol. The van der Waals surface area contributed by atoms with E-state index in [-0.39, 0.29) is 5.56 Å². The molecule has 0 unspecified atom stereocenters. The Kier molecular flexibility index (Phi) is 6.95. The van der Waals surface area contributed by atoms with Crippen molar-refractivity contribution in [1.82, 2.24) is 24.4 Å². The number of benzene rings is 3. The second-order valence-electron chi connectivity index (χ2n) is 8.86. The van der Waals surface area contributed by atoms with Crippen molar-refractivity contribution in [3.8, 4) is 28.4 Å². The number of aromatic nitrogens is 5. The van der Waals surface area contributed by atoms with Crippen molar-refractivity contribution >= 4 is 34.5 Å². The van der Waals surface area contributed by atoms with Crippen molar-refractivity contribution in [2.24, 2.45) is 0 Å². The lowest BCUT2D eigenvalue weighted by Gasteiger charge is -2.04. The average Bonchev–Trinajstić information content (AvgIpc) is 3.68. The zero-order chi connectivity index (χ0) is 27.5. The number of methoxy groups -OCH3 is 1. The monoisotopic (exact) mass is 547 g/mol. The van der Waals surface area contributed by atoms with Crippen LogP contribution in [0.2, 0.25) is 0 Å². The molecule has 0 aliphatic heterocycles. The second kappa shape index (κ2) is 11.0. The normalized spacial score (nSPS) is 12.0. The number of thiazole rings is 1. The van der Waals surface area contributed by atoms with Crippen molar-refractivity contribution in [2.45, 2.75) is 6.92 Å². The van der Waals surface area contributed by atoms with E-state index in [0.29, 0.717) is 21.9 Å². The Balaban J connectivity index is 1.37. The fraction of sp³-hybridized carbons (Fsp3) is 0.0968. The molecule has 0 N–H and O–H groups in total. The molecule has 9 heteroatoms. The van der Waals surface area contributed by atoms with E-state index in [1.54, 1.807) is 13.2 Å². The van der Waals surface area contributed by atoms with Gasteiger partial charge in [0.05, 0.1) is 23.9 Å². The van der Waals surface area contributed by atoms with Crippen molar-refractivity contribution in [3.63, 3.8) is 0 Å². The van der Waals surface area contributed by atoms with Gasteiger partial charge in [-0.1, -0.05) is 47.7 Å². The highest BCUT2D eigenvalue weighted by Gasteiger charge is 2.14. The molecule has 0 aliphatic carbocycles. The van der Waals surface area contributed by atoms with E-state index < -0.39 is 0 Å². The first-order chi connectivity index (χ1) is 19.6. The number of ether oxygens (including phenoxy) is 2. The molecule has 6 aromatic rings. The fourth-order valence-corrected chi connectivity index (χ4v) is 5.16. The lowest BCUT2D eigenvalue weighted by molar-refractivity contribution is 0.340. The topological polar surface area (TPSA) is 83.5 Å². The number of hydrogen-bond acceptors (Lipinski definition) is 7. The molecule has 3 heterocycles. The summed E-state index contributed by atoms with van der Waals surface area (Å²) in [5, 5.41) is 9.29. The van der Waals surface area contributed by atoms with Crippen molar-refractivity contribution in [1.29, 1.82) is 0 Å². The standard InChI is InChI=1S/C31H25N5O3S/c1-3-39-26-16-12-22(13-17-26)29-23(20-35(34-29)24-7-5-4-6-8-24)19-27-30(37)36-31(40-27)32-28(33-36)18-11-21-9-14-25(38-2)15-10-21/h4-20H,3H2,1-2H3/b18-11+,27-19-. The summed E-state index contributed by atoms with van der Waals surface area (Å²) in [6.07, 6.45) is 7.48. The summed E-state index contributed by atoms with van der Waals surface area (Å²) in [7, 11) is 1.63. The minimum Gasteiger partial charge on any atom is -0.497 e. The summed E-state index contributed by atoms with van der Waals surface area (Å²) in [5.41, 5.74) is 4.17. The van der Waals surface area contributed by atoms with Crippen LogP contribution in [-0.2, 0) is 0 Å². The third-order valence-corrected chi connectivity index (χ3v) is 7.19. The van der Waals surface area contributed by atoms with Crippen molar-refractivity contribution in [3.05, 3.63) is 117 Å². The van der Waals surface area contributed by atoms with E-state index in [2.05, 4.69) is 10.1 Å². The zero-order valence-corrected chi connectivity index (χ0v) is 22.7. The van der Waals surface area contributed by atoms with E-state index in [4.69, 9.17) is 14.6 Å². The Morgan fingerprint density at radius 1 is 0.900 bits per heavy atom. The molecule has 3 aromatic carbocycles. The van der Waals surface area contributed by atoms with E-state index in [1.807, 2.05) is 109 Å². The fourth-order valence-electron chi connectivity index (χ4n) is 4.25. The van der Waals surface area contributed by atoms with Gasteiger partial charge in [-0.05, 0) is 73.2 Å². The second-order valence-corrected chi connectivity index (χ2v) is 9.87. The van der Waals surface area contributed by atoms with Gasteiger partial charge in [0, 0.05) is 17.3 Å². The maximum Gasteiger partial charge on any atom is 0.291 e. The molecule has 0 spiro atoms. The number of para-hydroxylation sites is 1. The van der Waals surface area contributed by atoms with Crippen LogP contribution in [0.25, 0.3) is 40.1 Å². The summed E-state index contributed by atoms with van der Waals surface area (Å²) in [4.78, 5) is 18.4. The minimum absolute atomic E-state index is 0.221. The van der Waals surface area contributed by atoms with Crippen LogP contribution in [0, 0.1) is 0 Å². The predicted molar refractivity (Wildman–Crippen MR) is 158 cm³/mol. The minimum atomic E-state index is -0.221. The Labute approximate surface area is 234 Å². The van der Waals surface area contributed by atoms with E-state index >= 15 is 0 Å². The largest absolute Gasteiger partial charge is 0.497 e. The van der Waals surface area contributed by atoms with Gasteiger partial charge in [-0.2, -0.15) is 14.6 Å². The smallest absolute Gasteiger partial charge is 0.291 e. The summed E-state index contributed by atoms with van der Waals surface area (Å²) in [5.74, 6) is 2.05. The van der Waals surface area contributed by atoms with E-state index in [9.17, 15) is 4.79 Å². The zero-order valence-electron chi connectivity index (χ0n) is 21.9. The van der Waals surface area contributed by atoms with Crippen LogP contribution in [0.4, 0.5) is 0 Å². The highest BCUT2D eigenvalue weighted by atomic mass is 32.1. The maximum atomic E-state index is 13.3. The van der Waals surface area contributed by atoms with Crippen LogP contribution in [0.3, 0.4) is 0 Å². The van der Waals surface area contributed by atoms with Gasteiger partial charge in [0.25, 0.3) is 5.56 Å². The molecule has 0 saturated heterocycles. The molecule has 0 atom stereocenters. The van der Waals surface area contributed by atoms with Crippen LogP contribution in [0.1, 0.15) is 23.9 Å². The molecule has 8 nitrogen and oxygen atoms in total. The van der Waals surface area contributed by atoms with E-state index in [1.165, 1.54) is 15.9 Å². The molecule has 6 rings (SSSR count). The number of hydrogen-bond donors (Lipinski definition) is 0. The summed E-state index contributed by atoms with van der Waals surface area (Å²) in [6, 6.07) is 25.3. The highest BCUT2D eigenvalue weighted by molar-refractivity contribution is 7.15. The Bertz CT molecular complexity index is 1900. The summed E-state index contributed by atoms with van der Waals surface area (Å²) in [6.45, 7) is 2.55. The van der Waals surface area contributed by atoms with Crippen molar-refractivity contribution < 1.29 is 9.47 Å². The lowest BCUT2D eigenvalue weighted by atomic mass is 10.1. The predicted octanol–water partition coefficient (Wildman–Crippen LogP) is 5.13. The van der Waals surface area contributed by atoms with Gasteiger partial charge in [0.15, 0.2) is 5.82 Å². The lowest BCUT2D eigenvalue weighted by Crippen LogP contribution is -2.23. The van der Waals surface area contributed by atoms with Crippen molar-refractivity contribution in [2.75, 3.05) is 13.7 Å². The molecule has 198 valence electrons. The van der Waals surface area contributed by atoms with Gasteiger partial charge < -0.3 is 9.47 Å². The molecular weight excluding hydrogens is 522 g/mol. The van der Waals surface area contributed by atoms with Crippen LogP contribution in [-0.4, -0.2) is 38.1 Å². The van der Waals surface area contributed by atoms with Gasteiger partial charge in [0.1, 0.15) is 17.2 Å². The first-order valence-electron chi connectivity index (χ1n) is 12.7. The molecule has 0 bridgehead atoms. The molecule has 0 fully saturated rings. The summed E-state index contributed by atoms with van der Waals surface area (Å²) < 4.78 is 14.5. The molecule has 3 aromatic heterocycles. The third kappa shape index (κ3) is 5.14. The molecule has 0 saturated carbocycles. The third-order valence-electron chi connectivity index (χ3n) is 6.23. The first kappa shape index (κ1) is 25.3. The Morgan fingerprint density at radius 3 is 2.35 bits per heavy atom. The maximum absolute atomic E-state index is 13.3. The number of fused-ring (bicyclic) bond motifs is 1. The Morgan fingerprint density at radius 2 is 1.65 bits per heavy atom. The first-order valence-corrected chi connectivity index (χ1v) is 13.5. The SMILES string of the molecule is CCOc1ccc(-c2nn(-c3ccccc3)cc2/C=c2\sc3nc(/C=C/c4ccc(OC)cc4)nn3c2=O)cc1. The van der Waals surface area contributed by atoms with Crippen LogP contribution < -0.4 is 19.6 Å². The number of nitrogens with zero attached hydrogens (tertiary/aromatic N) is 5. The van der Waals surface area contributed by atoms with Gasteiger partial charge in [-0.3, -0.25) is 4.79 Å². The quantitative estimate of drug-likeness (QED) is 0.263. The van der Waals surface area contributed by atoms with Gasteiger partial charge in [-0.25, -0.2) is 4.68 Å². The Hall–Kier alpha value is -5.02. The molecule has 0 amide bonds. The molecular formula is C31H25N5O3S. The van der Waals surface area contributed by atoms with Crippen LogP contribution >= 0.6 is 11.3 Å². The van der Waals surface area contributed by atoms with E-state index in [0.717, 1.165) is 39.6 Å². The van der Waals surface area contributed by atoms with Gasteiger partial charge in [-0.15, -0.1) is 5.10 Å². The van der Waals surface area contributed by atoms with Gasteiger partial charge in [0.2, 0.25) is 4.96 Å². The molecule has 0 radical (unpaired) electrons. The number of rotatable bonds is 8. The molecule has 40 heavy (non-hydrogen) atoms. The van der Waals surface area contributed by atoms with Crippen LogP contribution in [0.5, 0.6) is 11.5 Å². The highest BCUT2D eigenvalue weighted by Crippen LogP contribution is 2.26. The van der Waals surface area contributed by atoms with Gasteiger partial charge >= 0.3 is 0 Å². The summed E-state index contributed by atoms with van der Waals surface area (Å²) >= 11 is 1.30. The van der Waals surface area contributed by atoms with Crippen LogP contribution in [0.15, 0.2) is 89.9 Å².